The van der Waals surface area contributed by atoms with Gasteiger partial charge in [-0.2, -0.15) is 0 Å². The molecule has 3 heteroatoms. The van der Waals surface area contributed by atoms with Crippen molar-refractivity contribution in [2.24, 2.45) is 5.18 Å². The molecule has 0 bridgehead atoms. The molecule has 0 aromatic carbocycles. The minimum absolute atomic E-state index is 0.762. The van der Waals surface area contributed by atoms with Crippen molar-refractivity contribution < 1.29 is 0 Å². The lowest BCUT2D eigenvalue weighted by Gasteiger charge is -2.18. The van der Waals surface area contributed by atoms with Gasteiger partial charge >= 0.3 is 0 Å². The van der Waals surface area contributed by atoms with E-state index in [2.05, 4.69) is 5.18 Å². The Labute approximate surface area is 117 Å². The molecule has 0 aromatic rings. The van der Waals surface area contributed by atoms with E-state index >= 15 is 0 Å². The number of nitrogens with zero attached hydrogens (tertiary/aromatic N) is 1. The molecule has 0 aliphatic heterocycles. The number of hydrogen-bond donors (Lipinski definition) is 0. The Bertz CT molecular complexity index is 205. The van der Waals surface area contributed by atoms with Crippen LogP contribution in [0, 0.1) is 4.91 Å². The highest BCUT2D eigenvalue weighted by Gasteiger charge is 2.27. The smallest absolute Gasteiger partial charge is 0.149 e. The van der Waals surface area contributed by atoms with Crippen LogP contribution in [0.15, 0.2) is 5.18 Å². The molecule has 1 saturated carbocycles. The Morgan fingerprint density at radius 3 is 1.17 bits per heavy atom. The highest BCUT2D eigenvalue weighted by molar-refractivity contribution is 6.23. The van der Waals surface area contributed by atoms with E-state index < -0.39 is 5.00 Å². The number of rotatable bonds is 1. The summed E-state index contributed by atoms with van der Waals surface area (Å²) in [7, 11) is 0. The zero-order valence-electron chi connectivity index (χ0n) is 11.6. The first-order chi connectivity index (χ1) is 8.77. The zero-order chi connectivity index (χ0) is 13.1. The van der Waals surface area contributed by atoms with Crippen LogP contribution in [-0.4, -0.2) is 5.00 Å². The third-order valence-corrected chi connectivity index (χ3v) is 4.48. The van der Waals surface area contributed by atoms with Crippen molar-refractivity contribution >= 4 is 11.6 Å². The summed E-state index contributed by atoms with van der Waals surface area (Å²) in [5.41, 5.74) is 0. The molecule has 1 aliphatic carbocycles. The van der Waals surface area contributed by atoms with E-state index in [9.17, 15) is 4.91 Å². The summed E-state index contributed by atoms with van der Waals surface area (Å²) < 4.78 is 0. The molecule has 0 saturated heterocycles. The largest absolute Gasteiger partial charge is 0.175 e. The molecule has 0 unspecified atom stereocenters. The van der Waals surface area contributed by atoms with Crippen LogP contribution < -0.4 is 0 Å². The van der Waals surface area contributed by atoms with Gasteiger partial charge in [0.05, 0.1) is 0 Å². The van der Waals surface area contributed by atoms with Crippen molar-refractivity contribution in [1.29, 1.82) is 0 Å². The molecule has 1 fully saturated rings. The number of alkyl halides is 1. The lowest BCUT2D eigenvalue weighted by Crippen LogP contribution is -2.17. The Balaban J connectivity index is 2.31. The Morgan fingerprint density at radius 2 is 0.889 bits per heavy atom. The van der Waals surface area contributed by atoms with E-state index in [1.807, 2.05) is 0 Å². The van der Waals surface area contributed by atoms with Gasteiger partial charge in [-0.15, -0.1) is 4.91 Å². The van der Waals surface area contributed by atoms with Crippen LogP contribution in [-0.2, 0) is 0 Å². The first-order valence-electron chi connectivity index (χ1n) is 7.80. The van der Waals surface area contributed by atoms with E-state index in [-0.39, 0.29) is 0 Å². The maximum atomic E-state index is 10.9. The van der Waals surface area contributed by atoms with Crippen molar-refractivity contribution in [1.82, 2.24) is 0 Å². The molecule has 106 valence electrons. The van der Waals surface area contributed by atoms with Crippen molar-refractivity contribution in [2.45, 2.75) is 94.9 Å². The summed E-state index contributed by atoms with van der Waals surface area (Å²) in [4.78, 5) is 10.1. The van der Waals surface area contributed by atoms with E-state index in [1.165, 1.54) is 64.2 Å². The Hall–Kier alpha value is -0.110. The third kappa shape index (κ3) is 7.35. The molecule has 0 radical (unpaired) electrons. The fourth-order valence-corrected chi connectivity index (χ4v) is 3.04. The van der Waals surface area contributed by atoms with Crippen LogP contribution >= 0.6 is 11.6 Å². The number of hydrogen-bond acceptors (Lipinski definition) is 2. The van der Waals surface area contributed by atoms with E-state index in [4.69, 9.17) is 11.6 Å². The summed E-state index contributed by atoms with van der Waals surface area (Å²) in [5.74, 6) is 0. The molecule has 0 aromatic heterocycles. The van der Waals surface area contributed by atoms with Gasteiger partial charge in [0.1, 0.15) is 0 Å². The Morgan fingerprint density at radius 1 is 0.611 bits per heavy atom. The van der Waals surface area contributed by atoms with Gasteiger partial charge < -0.3 is 0 Å². The SMILES string of the molecule is O=NC1(Cl)CCCCCCCCCCCCCC1. The second-order valence-corrected chi connectivity index (χ2v) is 6.46. The first kappa shape index (κ1) is 15.9. The van der Waals surface area contributed by atoms with Crippen molar-refractivity contribution in [3.8, 4) is 0 Å². The molecule has 0 heterocycles. The van der Waals surface area contributed by atoms with E-state index in [0.717, 1.165) is 25.7 Å². The number of nitroso groups, excluding NO2 is 1. The van der Waals surface area contributed by atoms with Crippen LogP contribution in [0.2, 0.25) is 0 Å². The molecule has 18 heavy (non-hydrogen) atoms. The minimum atomic E-state index is -0.805. The maximum Gasteiger partial charge on any atom is 0.175 e. The van der Waals surface area contributed by atoms with Crippen molar-refractivity contribution in [3.63, 3.8) is 0 Å². The molecule has 1 aliphatic rings. The second kappa shape index (κ2) is 9.77. The molecule has 0 N–H and O–H groups in total. The van der Waals surface area contributed by atoms with Crippen molar-refractivity contribution in [3.05, 3.63) is 4.91 Å². The molecule has 1 rings (SSSR count). The van der Waals surface area contributed by atoms with Gasteiger partial charge in [-0.05, 0) is 30.9 Å². The summed E-state index contributed by atoms with van der Waals surface area (Å²) in [6.45, 7) is 0. The van der Waals surface area contributed by atoms with Gasteiger partial charge in [0.2, 0.25) is 0 Å². The highest BCUT2D eigenvalue weighted by Crippen LogP contribution is 2.31. The lowest BCUT2D eigenvalue weighted by molar-refractivity contribution is 0.447. The highest BCUT2D eigenvalue weighted by atomic mass is 35.5. The monoisotopic (exact) mass is 273 g/mol. The molecule has 0 amide bonds. The molecule has 2 nitrogen and oxygen atoms in total. The molecular formula is C15H28ClNO. The molecule has 0 atom stereocenters. The van der Waals surface area contributed by atoms with Gasteiger partial charge in [-0.3, -0.25) is 0 Å². The number of halogens is 1. The van der Waals surface area contributed by atoms with Crippen molar-refractivity contribution in [2.75, 3.05) is 0 Å². The van der Waals surface area contributed by atoms with E-state index in [1.54, 1.807) is 0 Å². The Kier molecular flexibility index (Phi) is 8.66. The van der Waals surface area contributed by atoms with Crippen LogP contribution in [0.25, 0.3) is 0 Å². The predicted octanol–water partition coefficient (Wildman–Crippen LogP) is 6.16. The van der Waals surface area contributed by atoms with Crippen LogP contribution in [0.1, 0.15) is 89.9 Å². The van der Waals surface area contributed by atoms with Crippen LogP contribution in [0.4, 0.5) is 0 Å². The van der Waals surface area contributed by atoms with Gasteiger partial charge in [0.15, 0.2) is 5.00 Å². The average Bonchev–Trinajstić information content (AvgIpc) is 2.39. The van der Waals surface area contributed by atoms with Gasteiger partial charge in [0, 0.05) is 0 Å². The molecule has 0 spiro atoms. The molecular weight excluding hydrogens is 246 g/mol. The standard InChI is InChI=1S/C15H28ClNO/c16-15(17-18)13-11-9-7-5-3-1-2-4-6-8-10-12-14-15/h1-14H2. The zero-order valence-corrected chi connectivity index (χ0v) is 12.4. The van der Waals surface area contributed by atoms with Crippen LogP contribution in [0.5, 0.6) is 0 Å². The van der Waals surface area contributed by atoms with E-state index in [0.29, 0.717) is 0 Å². The maximum absolute atomic E-state index is 10.9. The van der Waals surface area contributed by atoms with Gasteiger partial charge in [-0.25, -0.2) is 0 Å². The predicted molar refractivity (Wildman–Crippen MR) is 79.0 cm³/mol. The summed E-state index contributed by atoms with van der Waals surface area (Å²) in [5, 5.41) is 3.18. The normalized spacial score (nSPS) is 24.7. The fraction of sp³-hybridized carbons (Fsp3) is 1.00. The first-order valence-corrected chi connectivity index (χ1v) is 8.18. The topological polar surface area (TPSA) is 29.4 Å². The van der Waals surface area contributed by atoms with Gasteiger partial charge in [0.25, 0.3) is 0 Å². The summed E-state index contributed by atoms with van der Waals surface area (Å²) in [6, 6.07) is 0. The lowest BCUT2D eigenvalue weighted by atomic mass is 10.0. The minimum Gasteiger partial charge on any atom is -0.149 e. The second-order valence-electron chi connectivity index (χ2n) is 5.75. The summed E-state index contributed by atoms with van der Waals surface area (Å²) in [6.07, 6.45) is 16.8. The quantitative estimate of drug-likeness (QED) is 0.319. The summed E-state index contributed by atoms with van der Waals surface area (Å²) >= 11 is 6.28. The van der Waals surface area contributed by atoms with Gasteiger partial charge in [-0.1, -0.05) is 75.8 Å². The average molecular weight is 274 g/mol. The fourth-order valence-electron chi connectivity index (χ4n) is 2.78. The van der Waals surface area contributed by atoms with Crippen LogP contribution in [0.3, 0.4) is 0 Å². The third-order valence-electron chi connectivity index (χ3n) is 4.03.